The highest BCUT2D eigenvalue weighted by atomic mass is 32.2. The van der Waals surface area contributed by atoms with E-state index in [1.165, 1.54) is 0 Å². The first-order valence-electron chi connectivity index (χ1n) is 6.50. The van der Waals surface area contributed by atoms with Crippen LogP contribution in [0.25, 0.3) is 0 Å². The zero-order valence-electron chi connectivity index (χ0n) is 12.0. The van der Waals surface area contributed by atoms with Crippen molar-refractivity contribution in [2.45, 2.75) is 38.5 Å². The predicted octanol–water partition coefficient (Wildman–Crippen LogP) is 2.08. The van der Waals surface area contributed by atoms with Gasteiger partial charge < -0.3 is 5.11 Å². The maximum Gasteiger partial charge on any atom is 0.303 e. The van der Waals surface area contributed by atoms with Crippen LogP contribution >= 0.6 is 0 Å². The number of rotatable bonds is 7. The SMILES string of the molecule is Cc1cc(C)cc(S(=O)(=O)NCC(C)CCC(=O)O)c1. The van der Waals surface area contributed by atoms with E-state index in [1.807, 2.05) is 26.8 Å². The smallest absolute Gasteiger partial charge is 0.303 e. The molecule has 0 saturated carbocycles. The van der Waals surface area contributed by atoms with Crippen LogP contribution < -0.4 is 4.72 Å². The lowest BCUT2D eigenvalue weighted by atomic mass is 10.1. The van der Waals surface area contributed by atoms with Crippen LogP contribution in [0.3, 0.4) is 0 Å². The molecule has 1 aromatic carbocycles. The maximum atomic E-state index is 12.2. The second-order valence-electron chi connectivity index (χ2n) is 5.21. The molecule has 6 heteroatoms. The Morgan fingerprint density at radius 3 is 2.30 bits per heavy atom. The fourth-order valence-electron chi connectivity index (χ4n) is 1.90. The van der Waals surface area contributed by atoms with Crippen molar-refractivity contribution in [2.24, 2.45) is 5.92 Å². The van der Waals surface area contributed by atoms with E-state index in [-0.39, 0.29) is 23.8 Å². The molecule has 5 nitrogen and oxygen atoms in total. The summed E-state index contributed by atoms with van der Waals surface area (Å²) >= 11 is 0. The lowest BCUT2D eigenvalue weighted by Gasteiger charge is -2.12. The molecule has 0 aliphatic rings. The molecule has 0 fully saturated rings. The van der Waals surface area contributed by atoms with Crippen LogP contribution in [0.1, 0.15) is 30.9 Å². The number of hydrogen-bond donors (Lipinski definition) is 2. The minimum absolute atomic E-state index is 0.0215. The third kappa shape index (κ3) is 5.30. The molecule has 0 aliphatic carbocycles. The number of sulfonamides is 1. The van der Waals surface area contributed by atoms with Gasteiger partial charge in [0.25, 0.3) is 0 Å². The lowest BCUT2D eigenvalue weighted by molar-refractivity contribution is -0.137. The Kier molecular flexibility index (Phi) is 5.71. The number of carboxylic acids is 1. The summed E-state index contributed by atoms with van der Waals surface area (Å²) in [5.41, 5.74) is 1.79. The van der Waals surface area contributed by atoms with Gasteiger partial charge in [-0.3, -0.25) is 4.79 Å². The van der Waals surface area contributed by atoms with E-state index >= 15 is 0 Å². The molecule has 0 radical (unpaired) electrons. The number of aryl methyl sites for hydroxylation is 2. The Morgan fingerprint density at radius 1 is 1.25 bits per heavy atom. The fraction of sp³-hybridized carbons (Fsp3) is 0.500. The monoisotopic (exact) mass is 299 g/mol. The highest BCUT2D eigenvalue weighted by Crippen LogP contribution is 2.15. The largest absolute Gasteiger partial charge is 0.481 e. The first-order chi connectivity index (χ1) is 9.20. The van der Waals surface area contributed by atoms with Crippen LogP contribution in [0.4, 0.5) is 0 Å². The summed E-state index contributed by atoms with van der Waals surface area (Å²) in [6.07, 6.45) is 0.497. The topological polar surface area (TPSA) is 83.5 Å². The molecule has 0 aliphatic heterocycles. The number of aliphatic carboxylic acids is 1. The molecule has 112 valence electrons. The van der Waals surface area contributed by atoms with Crippen LogP contribution in [0, 0.1) is 19.8 Å². The molecule has 0 aromatic heterocycles. The summed E-state index contributed by atoms with van der Waals surface area (Å²) in [5, 5.41) is 8.59. The molecule has 0 heterocycles. The number of hydrogen-bond acceptors (Lipinski definition) is 3. The lowest BCUT2D eigenvalue weighted by Crippen LogP contribution is -2.28. The van der Waals surface area contributed by atoms with E-state index in [9.17, 15) is 13.2 Å². The van der Waals surface area contributed by atoms with Crippen molar-refractivity contribution in [1.82, 2.24) is 4.72 Å². The highest BCUT2D eigenvalue weighted by molar-refractivity contribution is 7.89. The van der Waals surface area contributed by atoms with Gasteiger partial charge in [0.2, 0.25) is 10.0 Å². The summed E-state index contributed by atoms with van der Waals surface area (Å²) < 4.78 is 26.8. The van der Waals surface area contributed by atoms with Crippen molar-refractivity contribution < 1.29 is 18.3 Å². The molecule has 1 aromatic rings. The third-order valence-electron chi connectivity index (χ3n) is 2.98. The van der Waals surface area contributed by atoms with Crippen molar-refractivity contribution in [3.05, 3.63) is 29.3 Å². The average Bonchev–Trinajstić information content (AvgIpc) is 2.32. The fourth-order valence-corrected chi connectivity index (χ4v) is 3.25. The molecule has 0 bridgehead atoms. The highest BCUT2D eigenvalue weighted by Gasteiger charge is 2.16. The van der Waals surface area contributed by atoms with Crippen LogP contribution in [-0.4, -0.2) is 26.0 Å². The standard InChI is InChI=1S/C14H21NO4S/c1-10(4-5-14(16)17)9-15-20(18,19)13-7-11(2)6-12(3)8-13/h6-8,10,15H,4-5,9H2,1-3H3,(H,16,17). The average molecular weight is 299 g/mol. The van der Waals surface area contributed by atoms with E-state index in [0.29, 0.717) is 6.42 Å². The van der Waals surface area contributed by atoms with Crippen LogP contribution in [0.15, 0.2) is 23.1 Å². The summed E-state index contributed by atoms with van der Waals surface area (Å²) in [5.74, 6) is -0.888. The Labute approximate surface area is 120 Å². The van der Waals surface area contributed by atoms with Crippen molar-refractivity contribution in [1.29, 1.82) is 0 Å². The quantitative estimate of drug-likeness (QED) is 0.807. The minimum atomic E-state index is -3.54. The summed E-state index contributed by atoms with van der Waals surface area (Å²) in [4.78, 5) is 10.7. The maximum absolute atomic E-state index is 12.2. The third-order valence-corrected chi connectivity index (χ3v) is 4.38. The zero-order valence-corrected chi connectivity index (χ0v) is 12.8. The van der Waals surface area contributed by atoms with E-state index < -0.39 is 16.0 Å². The van der Waals surface area contributed by atoms with Gasteiger partial charge in [0.05, 0.1) is 4.90 Å². The van der Waals surface area contributed by atoms with Crippen LogP contribution in [0.2, 0.25) is 0 Å². The van der Waals surface area contributed by atoms with Crippen LogP contribution in [0.5, 0.6) is 0 Å². The number of carboxylic acid groups (broad SMARTS) is 1. The summed E-state index contributed by atoms with van der Waals surface area (Å²) in [6, 6.07) is 5.16. The van der Waals surface area contributed by atoms with Gasteiger partial charge in [-0.15, -0.1) is 0 Å². The number of carbonyl (C=O) groups is 1. The van der Waals surface area contributed by atoms with Crippen molar-refractivity contribution in [3.8, 4) is 0 Å². The van der Waals surface area contributed by atoms with Gasteiger partial charge in [-0.2, -0.15) is 0 Å². The Hall–Kier alpha value is -1.40. The molecular weight excluding hydrogens is 278 g/mol. The number of nitrogens with one attached hydrogen (secondary N) is 1. The molecule has 0 saturated heterocycles. The van der Waals surface area contributed by atoms with Gasteiger partial charge in [0.15, 0.2) is 0 Å². The Morgan fingerprint density at radius 2 is 1.80 bits per heavy atom. The van der Waals surface area contributed by atoms with E-state index in [0.717, 1.165) is 11.1 Å². The second-order valence-corrected chi connectivity index (χ2v) is 6.98. The van der Waals surface area contributed by atoms with Crippen LogP contribution in [-0.2, 0) is 14.8 Å². The number of benzene rings is 1. The minimum Gasteiger partial charge on any atom is -0.481 e. The molecule has 0 amide bonds. The molecule has 2 N–H and O–H groups in total. The van der Waals surface area contributed by atoms with Gasteiger partial charge in [0, 0.05) is 13.0 Å². The molecule has 1 rings (SSSR count). The second kappa shape index (κ2) is 6.85. The zero-order chi connectivity index (χ0) is 15.3. The van der Waals surface area contributed by atoms with E-state index in [4.69, 9.17) is 5.11 Å². The van der Waals surface area contributed by atoms with Crippen molar-refractivity contribution in [2.75, 3.05) is 6.54 Å². The normalized spacial score (nSPS) is 13.2. The molecule has 20 heavy (non-hydrogen) atoms. The first kappa shape index (κ1) is 16.7. The van der Waals surface area contributed by atoms with E-state index in [1.54, 1.807) is 12.1 Å². The Bertz CT molecular complexity index is 561. The van der Waals surface area contributed by atoms with Gasteiger partial charge in [-0.1, -0.05) is 13.0 Å². The Balaban J connectivity index is 2.68. The van der Waals surface area contributed by atoms with Crippen molar-refractivity contribution >= 4 is 16.0 Å². The summed E-state index contributed by atoms with van der Waals surface area (Å²) in [7, 11) is -3.54. The van der Waals surface area contributed by atoms with Gasteiger partial charge in [0.1, 0.15) is 0 Å². The molecule has 0 spiro atoms. The van der Waals surface area contributed by atoms with Gasteiger partial charge in [-0.05, 0) is 49.4 Å². The molecule has 1 atom stereocenters. The molecular formula is C14H21NO4S. The summed E-state index contributed by atoms with van der Waals surface area (Å²) in [6.45, 7) is 5.76. The predicted molar refractivity (Wildman–Crippen MR) is 77.1 cm³/mol. The molecule has 1 unspecified atom stereocenters. The van der Waals surface area contributed by atoms with Gasteiger partial charge >= 0.3 is 5.97 Å². The van der Waals surface area contributed by atoms with Crippen molar-refractivity contribution in [3.63, 3.8) is 0 Å². The first-order valence-corrected chi connectivity index (χ1v) is 7.99. The van der Waals surface area contributed by atoms with E-state index in [2.05, 4.69) is 4.72 Å². The van der Waals surface area contributed by atoms with Gasteiger partial charge in [-0.25, -0.2) is 13.1 Å².